The van der Waals surface area contributed by atoms with Crippen LogP contribution in [0, 0.1) is 0 Å². The number of nitrogens with zero attached hydrogens (tertiary/aromatic N) is 1. The number of pyridine rings is 1. The van der Waals surface area contributed by atoms with Crippen LogP contribution in [-0.4, -0.2) is 35.9 Å². The molecule has 23 heavy (non-hydrogen) atoms. The molecule has 6 nitrogen and oxygen atoms in total. The van der Waals surface area contributed by atoms with Crippen molar-refractivity contribution < 1.29 is 9.59 Å². The predicted octanol–water partition coefficient (Wildman–Crippen LogP) is 1.88. The Kier molecular flexibility index (Phi) is 4.90. The summed E-state index contributed by atoms with van der Waals surface area (Å²) >= 11 is 7.33. The van der Waals surface area contributed by atoms with E-state index >= 15 is 0 Å². The molecule has 0 bridgehead atoms. The van der Waals surface area contributed by atoms with E-state index in [0.29, 0.717) is 16.6 Å². The van der Waals surface area contributed by atoms with Crippen molar-refractivity contribution in [2.75, 3.05) is 18.4 Å². The molecule has 0 spiro atoms. The van der Waals surface area contributed by atoms with Crippen molar-refractivity contribution in [1.29, 1.82) is 0 Å². The fraction of sp³-hybridized carbons (Fsp3) is 0.267. The van der Waals surface area contributed by atoms with E-state index in [0.717, 1.165) is 23.5 Å². The molecule has 120 valence electrons. The summed E-state index contributed by atoms with van der Waals surface area (Å²) in [5.41, 5.74) is 1.24. The molecular formula is C15H15ClN4O2S. The molecule has 0 saturated carbocycles. The third kappa shape index (κ3) is 4.07. The lowest BCUT2D eigenvalue weighted by Crippen LogP contribution is -2.42. The lowest BCUT2D eigenvalue weighted by Gasteiger charge is -2.11. The molecule has 2 amide bonds. The van der Waals surface area contributed by atoms with E-state index in [-0.39, 0.29) is 6.04 Å². The molecule has 0 radical (unpaired) electrons. The van der Waals surface area contributed by atoms with E-state index in [2.05, 4.69) is 20.9 Å². The molecule has 1 aliphatic rings. The number of halogens is 1. The van der Waals surface area contributed by atoms with Crippen LogP contribution in [0.3, 0.4) is 0 Å². The average molecular weight is 351 g/mol. The number of aromatic nitrogens is 1. The first kappa shape index (κ1) is 15.9. The van der Waals surface area contributed by atoms with Gasteiger partial charge in [-0.2, -0.15) is 0 Å². The first-order valence-corrected chi connectivity index (χ1v) is 8.35. The Bertz CT molecular complexity index is 711. The van der Waals surface area contributed by atoms with Crippen LogP contribution in [0.5, 0.6) is 0 Å². The SMILES string of the molecule is O=C(Nc1ccc(-c2ccc(Cl)s2)nc1)C(=O)NC1CCNC1. The monoisotopic (exact) mass is 350 g/mol. The number of nitrogens with one attached hydrogen (secondary N) is 3. The Labute approximate surface area is 142 Å². The third-order valence-corrected chi connectivity index (χ3v) is 4.70. The Morgan fingerprint density at radius 2 is 2.13 bits per heavy atom. The van der Waals surface area contributed by atoms with Gasteiger partial charge < -0.3 is 16.0 Å². The average Bonchev–Trinajstić information content (AvgIpc) is 3.19. The zero-order chi connectivity index (χ0) is 16.2. The quantitative estimate of drug-likeness (QED) is 0.738. The number of hydrogen-bond acceptors (Lipinski definition) is 5. The standard InChI is InChI=1S/C15H15ClN4O2S/c16-13-4-3-12(23-13)11-2-1-9(8-18-11)19-14(21)15(22)20-10-5-6-17-7-10/h1-4,8,10,17H,5-7H2,(H,19,21)(H,20,22). The summed E-state index contributed by atoms with van der Waals surface area (Å²) in [6.07, 6.45) is 2.35. The van der Waals surface area contributed by atoms with Crippen molar-refractivity contribution >= 4 is 40.4 Å². The Morgan fingerprint density at radius 1 is 1.26 bits per heavy atom. The molecule has 3 N–H and O–H groups in total. The fourth-order valence-electron chi connectivity index (χ4n) is 2.28. The van der Waals surface area contributed by atoms with E-state index < -0.39 is 11.8 Å². The lowest BCUT2D eigenvalue weighted by atomic mass is 10.2. The maximum atomic E-state index is 11.9. The van der Waals surface area contributed by atoms with Crippen LogP contribution in [0.4, 0.5) is 5.69 Å². The van der Waals surface area contributed by atoms with Crippen LogP contribution >= 0.6 is 22.9 Å². The number of amides is 2. The van der Waals surface area contributed by atoms with E-state index in [4.69, 9.17) is 11.6 Å². The van der Waals surface area contributed by atoms with Gasteiger partial charge in [-0.1, -0.05) is 11.6 Å². The molecular weight excluding hydrogens is 336 g/mol. The second-order valence-corrected chi connectivity index (χ2v) is 6.87. The van der Waals surface area contributed by atoms with Crippen LogP contribution in [-0.2, 0) is 9.59 Å². The highest BCUT2D eigenvalue weighted by molar-refractivity contribution is 7.19. The highest BCUT2D eigenvalue weighted by Gasteiger charge is 2.21. The van der Waals surface area contributed by atoms with Crippen molar-refractivity contribution in [3.63, 3.8) is 0 Å². The van der Waals surface area contributed by atoms with Gasteiger partial charge in [0.25, 0.3) is 0 Å². The Balaban J connectivity index is 1.59. The number of anilines is 1. The van der Waals surface area contributed by atoms with Gasteiger partial charge in [0.15, 0.2) is 0 Å². The summed E-state index contributed by atoms with van der Waals surface area (Å²) in [6, 6.07) is 7.18. The van der Waals surface area contributed by atoms with Crippen LogP contribution in [0.2, 0.25) is 4.34 Å². The second-order valence-electron chi connectivity index (χ2n) is 5.15. The van der Waals surface area contributed by atoms with E-state index in [1.54, 1.807) is 18.2 Å². The van der Waals surface area contributed by atoms with Gasteiger partial charge in [0.2, 0.25) is 0 Å². The number of hydrogen-bond donors (Lipinski definition) is 3. The van der Waals surface area contributed by atoms with Crippen molar-refractivity contribution in [2.24, 2.45) is 0 Å². The summed E-state index contributed by atoms with van der Waals surface area (Å²) in [5.74, 6) is -1.32. The number of carbonyl (C=O) groups is 2. The minimum atomic E-state index is -0.689. The van der Waals surface area contributed by atoms with Gasteiger partial charge in [-0.3, -0.25) is 14.6 Å². The Hall–Kier alpha value is -1.96. The van der Waals surface area contributed by atoms with Gasteiger partial charge in [-0.15, -0.1) is 11.3 Å². The molecule has 3 rings (SSSR count). The van der Waals surface area contributed by atoms with Crippen molar-refractivity contribution in [3.8, 4) is 10.6 Å². The third-order valence-electron chi connectivity index (χ3n) is 3.45. The van der Waals surface area contributed by atoms with Crippen LogP contribution in [0.1, 0.15) is 6.42 Å². The second kappa shape index (κ2) is 7.08. The van der Waals surface area contributed by atoms with E-state index in [1.165, 1.54) is 17.5 Å². The molecule has 1 saturated heterocycles. The summed E-state index contributed by atoms with van der Waals surface area (Å²) in [7, 11) is 0. The van der Waals surface area contributed by atoms with E-state index in [9.17, 15) is 9.59 Å². The van der Waals surface area contributed by atoms with Gasteiger partial charge >= 0.3 is 11.8 Å². The highest BCUT2D eigenvalue weighted by atomic mass is 35.5. The van der Waals surface area contributed by atoms with Crippen molar-refractivity contribution in [1.82, 2.24) is 15.6 Å². The van der Waals surface area contributed by atoms with Crippen LogP contribution in [0.15, 0.2) is 30.5 Å². The molecule has 3 heterocycles. The molecule has 0 aliphatic carbocycles. The van der Waals surface area contributed by atoms with Gasteiger partial charge in [0.1, 0.15) is 0 Å². The predicted molar refractivity (Wildman–Crippen MR) is 90.6 cm³/mol. The molecule has 1 aliphatic heterocycles. The minimum absolute atomic E-state index is 0.0114. The van der Waals surface area contributed by atoms with Gasteiger partial charge in [0, 0.05) is 12.6 Å². The summed E-state index contributed by atoms with van der Waals surface area (Å²) < 4.78 is 0.692. The van der Waals surface area contributed by atoms with Crippen molar-refractivity contribution in [3.05, 3.63) is 34.8 Å². The number of thiophene rings is 1. The zero-order valence-electron chi connectivity index (χ0n) is 12.1. The van der Waals surface area contributed by atoms with Crippen LogP contribution in [0.25, 0.3) is 10.6 Å². The lowest BCUT2D eigenvalue weighted by molar-refractivity contribution is -0.136. The van der Waals surface area contributed by atoms with Crippen LogP contribution < -0.4 is 16.0 Å². The largest absolute Gasteiger partial charge is 0.344 e. The maximum Gasteiger partial charge on any atom is 0.313 e. The first-order valence-electron chi connectivity index (χ1n) is 7.16. The molecule has 2 aromatic rings. The van der Waals surface area contributed by atoms with E-state index in [1.807, 2.05) is 6.07 Å². The summed E-state index contributed by atoms with van der Waals surface area (Å²) in [6.45, 7) is 1.54. The Morgan fingerprint density at radius 3 is 2.74 bits per heavy atom. The topological polar surface area (TPSA) is 83.1 Å². The summed E-state index contributed by atoms with van der Waals surface area (Å²) in [5, 5.41) is 8.36. The smallest absolute Gasteiger partial charge is 0.313 e. The normalized spacial score (nSPS) is 17.0. The zero-order valence-corrected chi connectivity index (χ0v) is 13.7. The van der Waals surface area contributed by atoms with Gasteiger partial charge in [-0.05, 0) is 37.2 Å². The molecule has 8 heteroatoms. The number of carbonyl (C=O) groups excluding carboxylic acids is 2. The fourth-order valence-corrected chi connectivity index (χ4v) is 3.30. The molecule has 0 aromatic carbocycles. The van der Waals surface area contributed by atoms with Crippen molar-refractivity contribution in [2.45, 2.75) is 12.5 Å². The molecule has 1 atom stereocenters. The molecule has 2 aromatic heterocycles. The van der Waals surface area contributed by atoms with Gasteiger partial charge in [-0.25, -0.2) is 0 Å². The first-order chi connectivity index (χ1) is 11.1. The number of rotatable bonds is 3. The van der Waals surface area contributed by atoms with Gasteiger partial charge in [0.05, 0.1) is 26.8 Å². The highest BCUT2D eigenvalue weighted by Crippen LogP contribution is 2.29. The minimum Gasteiger partial charge on any atom is -0.344 e. The summed E-state index contributed by atoms with van der Waals surface area (Å²) in [4.78, 5) is 28.9. The maximum absolute atomic E-state index is 11.9. The molecule has 1 unspecified atom stereocenters. The molecule has 1 fully saturated rings.